The topological polar surface area (TPSA) is 24.7 Å². The number of rotatable bonds is 27. The van der Waals surface area contributed by atoms with Crippen LogP contribution in [0.25, 0.3) is 0 Å². The maximum absolute atomic E-state index is 4.69. The van der Waals surface area contributed by atoms with Crippen molar-refractivity contribution < 1.29 is 0 Å². The molecule has 2 atom stereocenters. The number of hydrogen-bond donors (Lipinski definition) is 0. The Morgan fingerprint density at radius 1 is 0.513 bits per heavy atom. The van der Waals surface area contributed by atoms with E-state index in [9.17, 15) is 0 Å². The van der Waals surface area contributed by atoms with Gasteiger partial charge in [0.25, 0.3) is 0 Å². The Balaban J connectivity index is 1.60. The van der Waals surface area contributed by atoms with E-state index in [1.165, 1.54) is 153 Å². The minimum atomic E-state index is 0.498. The summed E-state index contributed by atoms with van der Waals surface area (Å²) in [7, 11) is 0. The Morgan fingerprint density at radius 2 is 0.923 bits per heavy atom. The molecule has 0 fully saturated rings. The molecule has 0 aliphatic carbocycles. The second-order valence-corrected chi connectivity index (χ2v) is 12.3. The first kappa shape index (κ1) is 33.6. The van der Waals surface area contributed by atoms with Gasteiger partial charge in [-0.3, -0.25) is 0 Å². The minimum absolute atomic E-state index is 0.498. The average Bonchev–Trinajstić information content (AvgIpc) is 3.49. The fourth-order valence-corrected chi connectivity index (χ4v) is 6.30. The molecule has 1 aliphatic rings. The number of nitrogens with zero attached hydrogens (tertiary/aromatic N) is 2. The second-order valence-electron chi connectivity index (χ2n) is 12.3. The monoisotopic (exact) mass is 535 g/mol. The van der Waals surface area contributed by atoms with Crippen LogP contribution in [-0.4, -0.2) is 12.4 Å². The molecule has 0 N–H and O–H groups in total. The van der Waals surface area contributed by atoms with Crippen LogP contribution in [-0.2, 0) is 6.42 Å². The molecule has 0 amide bonds. The van der Waals surface area contributed by atoms with Gasteiger partial charge in [0.2, 0.25) is 6.17 Å². The maximum atomic E-state index is 4.69. The molecule has 0 saturated carbocycles. The van der Waals surface area contributed by atoms with Crippen LogP contribution in [0.2, 0.25) is 0 Å². The summed E-state index contributed by atoms with van der Waals surface area (Å²) in [4.78, 5) is 9.39. The van der Waals surface area contributed by atoms with E-state index in [0.717, 1.165) is 12.6 Å². The van der Waals surface area contributed by atoms with Gasteiger partial charge in [0.1, 0.15) is 0 Å². The highest BCUT2D eigenvalue weighted by atomic mass is 15.0. The lowest BCUT2D eigenvalue weighted by atomic mass is 9.78. The third-order valence-corrected chi connectivity index (χ3v) is 8.77. The molecule has 0 spiro atoms. The van der Waals surface area contributed by atoms with Crippen LogP contribution in [0.5, 0.6) is 0 Å². The molecule has 0 saturated heterocycles. The molecule has 1 aliphatic heterocycles. The third kappa shape index (κ3) is 17.0. The van der Waals surface area contributed by atoms with Crippen molar-refractivity contribution in [3.63, 3.8) is 0 Å². The van der Waals surface area contributed by atoms with Gasteiger partial charge in [-0.05, 0) is 30.7 Å². The van der Waals surface area contributed by atoms with Crippen molar-refractivity contribution in [2.24, 2.45) is 21.8 Å². The lowest BCUT2D eigenvalue weighted by molar-refractivity contribution is 0.284. The second kappa shape index (κ2) is 24.2. The Morgan fingerprint density at radius 3 is 1.41 bits per heavy atom. The van der Waals surface area contributed by atoms with Gasteiger partial charge in [0, 0.05) is 0 Å². The predicted molar refractivity (Wildman–Crippen MR) is 175 cm³/mol. The van der Waals surface area contributed by atoms with E-state index >= 15 is 0 Å². The lowest BCUT2D eigenvalue weighted by Crippen LogP contribution is -2.22. The van der Waals surface area contributed by atoms with Crippen LogP contribution >= 0.6 is 0 Å². The quantitative estimate of drug-likeness (QED) is 0.0790. The van der Waals surface area contributed by atoms with Gasteiger partial charge in [-0.1, -0.05) is 189 Å². The molecule has 2 rings (SSSR count). The van der Waals surface area contributed by atoms with Crippen molar-refractivity contribution in [2.75, 3.05) is 0 Å². The lowest BCUT2D eigenvalue weighted by Gasteiger charge is -2.26. The summed E-state index contributed by atoms with van der Waals surface area (Å²) in [5, 5.41) is 0. The summed E-state index contributed by atoms with van der Waals surface area (Å²) >= 11 is 0. The van der Waals surface area contributed by atoms with Crippen LogP contribution in [0.15, 0.2) is 40.3 Å². The SMILES string of the molecule is CCCCCCCCCCCCCCCCCCCC(Cc1ccccc1)C(CCCCCC)[C+]1N=CC=N1. The van der Waals surface area contributed by atoms with E-state index in [2.05, 4.69) is 44.2 Å². The summed E-state index contributed by atoms with van der Waals surface area (Å²) in [5.41, 5.74) is 1.47. The van der Waals surface area contributed by atoms with Crippen molar-refractivity contribution in [2.45, 2.75) is 168 Å². The molecular weight excluding hydrogens is 472 g/mol. The minimum Gasteiger partial charge on any atom is -0.0965 e. The van der Waals surface area contributed by atoms with Gasteiger partial charge in [0.15, 0.2) is 12.4 Å². The first-order chi connectivity index (χ1) is 19.3. The molecule has 2 heteroatoms. The molecule has 39 heavy (non-hydrogen) atoms. The number of hydrogen-bond acceptors (Lipinski definition) is 2. The van der Waals surface area contributed by atoms with Gasteiger partial charge in [-0.2, -0.15) is 0 Å². The van der Waals surface area contributed by atoms with E-state index in [1.807, 2.05) is 12.4 Å². The van der Waals surface area contributed by atoms with Crippen molar-refractivity contribution in [3.8, 4) is 0 Å². The zero-order valence-electron chi connectivity index (χ0n) is 26.1. The van der Waals surface area contributed by atoms with Gasteiger partial charge < -0.3 is 0 Å². The molecule has 1 aromatic carbocycles. The van der Waals surface area contributed by atoms with Crippen molar-refractivity contribution in [1.82, 2.24) is 0 Å². The Labute approximate surface area is 244 Å². The molecule has 0 radical (unpaired) electrons. The van der Waals surface area contributed by atoms with E-state index < -0.39 is 0 Å². The summed E-state index contributed by atoms with van der Waals surface area (Å²) < 4.78 is 0. The van der Waals surface area contributed by atoms with Gasteiger partial charge >= 0.3 is 0 Å². The zero-order chi connectivity index (χ0) is 27.6. The molecule has 2 nitrogen and oxygen atoms in total. The van der Waals surface area contributed by atoms with Crippen LogP contribution in [0.1, 0.15) is 167 Å². The first-order valence-electron chi connectivity index (χ1n) is 17.3. The summed E-state index contributed by atoms with van der Waals surface area (Å²) in [6, 6.07) is 11.1. The predicted octanol–water partition coefficient (Wildman–Crippen LogP) is 12.1. The summed E-state index contributed by atoms with van der Waals surface area (Å²) in [6.45, 7) is 4.60. The molecule has 1 aromatic rings. The smallest absolute Gasteiger partial charge is 0.0965 e. The Bertz CT molecular complexity index is 697. The zero-order valence-corrected chi connectivity index (χ0v) is 26.1. The van der Waals surface area contributed by atoms with Crippen LogP contribution in [0, 0.1) is 18.0 Å². The van der Waals surface area contributed by atoms with Gasteiger partial charge in [-0.15, -0.1) is 0 Å². The normalized spacial score (nSPS) is 14.4. The van der Waals surface area contributed by atoms with Gasteiger partial charge in [0.05, 0.1) is 5.92 Å². The highest BCUT2D eigenvalue weighted by molar-refractivity contribution is 6.18. The number of benzene rings is 1. The van der Waals surface area contributed by atoms with Gasteiger partial charge in [-0.25, -0.2) is 0 Å². The van der Waals surface area contributed by atoms with E-state index in [1.54, 1.807) is 0 Å². The van der Waals surface area contributed by atoms with Crippen LogP contribution < -0.4 is 0 Å². The molecule has 2 unspecified atom stereocenters. The highest BCUT2D eigenvalue weighted by Gasteiger charge is 2.35. The Kier molecular flexibility index (Phi) is 20.9. The number of aliphatic imine (C=N–C) groups is 2. The fraction of sp³-hybridized carbons (Fsp3) is 0.757. The summed E-state index contributed by atoms with van der Waals surface area (Å²) in [6.07, 6.45) is 38.3. The molecule has 0 aromatic heterocycles. The van der Waals surface area contributed by atoms with Crippen LogP contribution in [0.4, 0.5) is 0 Å². The average molecular weight is 536 g/mol. The van der Waals surface area contributed by atoms with E-state index in [4.69, 9.17) is 9.98 Å². The first-order valence-corrected chi connectivity index (χ1v) is 17.3. The highest BCUT2D eigenvalue weighted by Crippen LogP contribution is 2.37. The van der Waals surface area contributed by atoms with E-state index in [0.29, 0.717) is 11.8 Å². The fourth-order valence-electron chi connectivity index (χ4n) is 6.30. The molecule has 220 valence electrons. The largest absolute Gasteiger partial charge is 0.244 e. The number of unbranched alkanes of at least 4 members (excludes halogenated alkanes) is 19. The van der Waals surface area contributed by atoms with E-state index in [-0.39, 0.29) is 0 Å². The molecule has 1 heterocycles. The Hall–Kier alpha value is -1.57. The van der Waals surface area contributed by atoms with Crippen molar-refractivity contribution >= 4 is 12.4 Å². The summed E-state index contributed by atoms with van der Waals surface area (Å²) in [5.74, 6) is 1.14. The molecular formula is C37H63N2+. The van der Waals surface area contributed by atoms with Crippen molar-refractivity contribution in [3.05, 3.63) is 42.1 Å². The van der Waals surface area contributed by atoms with Crippen molar-refractivity contribution in [1.29, 1.82) is 0 Å². The third-order valence-electron chi connectivity index (χ3n) is 8.77. The maximum Gasteiger partial charge on any atom is 0.244 e. The standard InChI is InChI=1S/C37H63N2/c1-3-5-7-9-10-11-12-13-14-15-16-17-18-19-20-21-25-29-35(33-34-27-23-22-24-28-34)36(30-26-8-6-4-2)37-38-31-32-39-37/h22-24,27-28,31-32,35-36H,3-21,25-26,29-30,33H2,1-2H3/q+1. The van der Waals surface area contributed by atoms with Crippen LogP contribution in [0.3, 0.4) is 0 Å². The molecule has 0 bridgehead atoms.